The number of alkyl halides is 4. The normalized spacial score (nSPS) is 12.7. The van der Waals surface area contributed by atoms with Crippen molar-refractivity contribution in [3.05, 3.63) is 41.7 Å². The van der Waals surface area contributed by atoms with Gasteiger partial charge in [-0.1, -0.05) is 0 Å². The second kappa shape index (κ2) is 5.77. The molecule has 8 heteroatoms. The van der Waals surface area contributed by atoms with Gasteiger partial charge in [0.05, 0.1) is 17.3 Å². The number of aryl methyl sites for hydroxylation is 1. The minimum Gasteiger partial charge on any atom is -0.386 e. The Balaban J connectivity index is 2.33. The number of amidine groups is 1. The van der Waals surface area contributed by atoms with Gasteiger partial charge in [-0.25, -0.2) is 9.67 Å². The molecule has 0 radical (unpaired) electrons. The standard InChI is InChI=1S/C13H12ClF3N4/c1-8-6-11(13(15,16)17)20-21(8)10-4-2-9(3-5-10)19-12(18)7-14/h2-6H,7H2,1H3,(H2,18,19). The van der Waals surface area contributed by atoms with Crippen molar-refractivity contribution in [2.75, 3.05) is 5.88 Å². The van der Waals surface area contributed by atoms with E-state index >= 15 is 0 Å². The van der Waals surface area contributed by atoms with Gasteiger partial charge in [-0.15, -0.1) is 11.6 Å². The maximum Gasteiger partial charge on any atom is 0.435 e. The highest BCUT2D eigenvalue weighted by Gasteiger charge is 2.34. The van der Waals surface area contributed by atoms with E-state index in [-0.39, 0.29) is 11.7 Å². The molecule has 2 N–H and O–H groups in total. The fourth-order valence-electron chi connectivity index (χ4n) is 1.74. The second-order valence-electron chi connectivity index (χ2n) is 4.33. The first-order chi connectivity index (χ1) is 9.81. The molecule has 112 valence electrons. The molecule has 0 unspecified atom stereocenters. The lowest BCUT2D eigenvalue weighted by atomic mass is 10.3. The summed E-state index contributed by atoms with van der Waals surface area (Å²) in [4.78, 5) is 4.03. The molecule has 0 spiro atoms. The Kier molecular flexibility index (Phi) is 4.22. The Hall–Kier alpha value is -2.02. The van der Waals surface area contributed by atoms with Crippen LogP contribution in [-0.2, 0) is 6.18 Å². The highest BCUT2D eigenvalue weighted by molar-refractivity contribution is 6.28. The molecule has 0 aliphatic heterocycles. The largest absolute Gasteiger partial charge is 0.435 e. The van der Waals surface area contributed by atoms with Gasteiger partial charge in [0.25, 0.3) is 0 Å². The average molecular weight is 317 g/mol. The smallest absolute Gasteiger partial charge is 0.386 e. The van der Waals surface area contributed by atoms with Gasteiger partial charge in [-0.2, -0.15) is 18.3 Å². The van der Waals surface area contributed by atoms with Gasteiger partial charge in [-0.05, 0) is 37.3 Å². The van der Waals surface area contributed by atoms with Crippen LogP contribution >= 0.6 is 11.6 Å². The summed E-state index contributed by atoms with van der Waals surface area (Å²) in [5.41, 5.74) is 6.04. The van der Waals surface area contributed by atoms with E-state index in [9.17, 15) is 13.2 Å². The quantitative estimate of drug-likeness (QED) is 0.536. The molecule has 0 bridgehead atoms. The van der Waals surface area contributed by atoms with Crippen molar-refractivity contribution in [3.63, 3.8) is 0 Å². The molecule has 2 aromatic rings. The van der Waals surface area contributed by atoms with Crippen molar-refractivity contribution < 1.29 is 13.2 Å². The fraction of sp³-hybridized carbons (Fsp3) is 0.231. The molecule has 1 aromatic carbocycles. The molecule has 0 saturated carbocycles. The van der Waals surface area contributed by atoms with E-state index in [0.717, 1.165) is 6.07 Å². The Bertz CT molecular complexity index is 659. The number of rotatable bonds is 3. The summed E-state index contributed by atoms with van der Waals surface area (Å²) in [7, 11) is 0. The number of aliphatic imine (C=N–C) groups is 1. The highest BCUT2D eigenvalue weighted by Crippen LogP contribution is 2.29. The van der Waals surface area contributed by atoms with E-state index in [2.05, 4.69) is 10.1 Å². The average Bonchev–Trinajstić information content (AvgIpc) is 2.81. The third-order valence-electron chi connectivity index (χ3n) is 2.68. The first kappa shape index (κ1) is 15.4. The van der Waals surface area contributed by atoms with Gasteiger partial charge in [0, 0.05) is 5.69 Å². The van der Waals surface area contributed by atoms with E-state index in [1.54, 1.807) is 31.2 Å². The number of hydrogen-bond acceptors (Lipinski definition) is 2. The first-order valence-corrected chi connectivity index (χ1v) is 6.48. The molecule has 1 heterocycles. The number of nitrogens with two attached hydrogens (primary N) is 1. The van der Waals surface area contributed by atoms with Crippen LogP contribution in [0.1, 0.15) is 11.4 Å². The molecule has 2 rings (SSSR count). The molecular weight excluding hydrogens is 305 g/mol. The lowest BCUT2D eigenvalue weighted by Crippen LogP contribution is -2.12. The monoisotopic (exact) mass is 316 g/mol. The van der Waals surface area contributed by atoms with Crippen LogP contribution in [0.5, 0.6) is 0 Å². The number of benzene rings is 1. The Morgan fingerprint density at radius 2 is 1.95 bits per heavy atom. The number of halogens is 4. The minimum absolute atomic E-state index is 0.106. The van der Waals surface area contributed by atoms with E-state index in [0.29, 0.717) is 17.1 Å². The molecular formula is C13H12ClF3N4. The van der Waals surface area contributed by atoms with E-state index in [4.69, 9.17) is 17.3 Å². The fourth-order valence-corrected chi connectivity index (χ4v) is 1.80. The van der Waals surface area contributed by atoms with Gasteiger partial charge in [0.15, 0.2) is 5.69 Å². The van der Waals surface area contributed by atoms with Gasteiger partial charge in [-0.3, -0.25) is 0 Å². The van der Waals surface area contributed by atoms with Crippen LogP contribution < -0.4 is 5.73 Å². The van der Waals surface area contributed by atoms with Gasteiger partial charge in [0.1, 0.15) is 5.84 Å². The predicted octanol–water partition coefficient (Wildman–Crippen LogP) is 3.43. The Labute approximate surface area is 124 Å². The molecule has 0 saturated heterocycles. The zero-order valence-corrected chi connectivity index (χ0v) is 11.8. The minimum atomic E-state index is -4.46. The molecule has 0 atom stereocenters. The third-order valence-corrected chi connectivity index (χ3v) is 2.96. The molecule has 21 heavy (non-hydrogen) atoms. The predicted molar refractivity (Wildman–Crippen MR) is 75.3 cm³/mol. The van der Waals surface area contributed by atoms with Crippen LogP contribution in [0.2, 0.25) is 0 Å². The van der Waals surface area contributed by atoms with Crippen molar-refractivity contribution >= 4 is 23.1 Å². The van der Waals surface area contributed by atoms with E-state index in [1.165, 1.54) is 4.68 Å². The summed E-state index contributed by atoms with van der Waals surface area (Å²) in [5.74, 6) is 0.369. The number of nitrogens with zero attached hydrogens (tertiary/aromatic N) is 3. The van der Waals surface area contributed by atoms with Gasteiger partial charge >= 0.3 is 6.18 Å². The lowest BCUT2D eigenvalue weighted by Gasteiger charge is -2.05. The van der Waals surface area contributed by atoms with Crippen LogP contribution in [0.4, 0.5) is 18.9 Å². The van der Waals surface area contributed by atoms with Gasteiger partial charge in [0.2, 0.25) is 0 Å². The number of aromatic nitrogens is 2. The van der Waals surface area contributed by atoms with Crippen LogP contribution in [0.25, 0.3) is 5.69 Å². The van der Waals surface area contributed by atoms with Crippen molar-refractivity contribution in [2.24, 2.45) is 10.7 Å². The van der Waals surface area contributed by atoms with Crippen molar-refractivity contribution in [2.45, 2.75) is 13.1 Å². The third kappa shape index (κ3) is 3.55. The van der Waals surface area contributed by atoms with Crippen molar-refractivity contribution in [1.82, 2.24) is 9.78 Å². The van der Waals surface area contributed by atoms with Crippen LogP contribution in [0.3, 0.4) is 0 Å². The second-order valence-corrected chi connectivity index (χ2v) is 4.60. The summed E-state index contributed by atoms with van der Waals surface area (Å²) in [6.45, 7) is 1.56. The van der Waals surface area contributed by atoms with Crippen molar-refractivity contribution in [3.8, 4) is 5.69 Å². The maximum atomic E-state index is 12.6. The topological polar surface area (TPSA) is 56.2 Å². The summed E-state index contributed by atoms with van der Waals surface area (Å²) in [6, 6.07) is 7.48. The molecule has 0 aliphatic rings. The zero-order valence-electron chi connectivity index (χ0n) is 11.0. The summed E-state index contributed by atoms with van der Waals surface area (Å²) < 4.78 is 39.1. The first-order valence-electron chi connectivity index (χ1n) is 5.94. The van der Waals surface area contributed by atoms with E-state index in [1.807, 2.05) is 0 Å². The number of hydrogen-bond donors (Lipinski definition) is 1. The van der Waals surface area contributed by atoms with Crippen LogP contribution in [0.15, 0.2) is 35.3 Å². The van der Waals surface area contributed by atoms with Crippen LogP contribution in [-0.4, -0.2) is 21.5 Å². The summed E-state index contributed by atoms with van der Waals surface area (Å²) in [5, 5.41) is 3.57. The van der Waals surface area contributed by atoms with Crippen LogP contribution in [0, 0.1) is 6.92 Å². The van der Waals surface area contributed by atoms with Crippen molar-refractivity contribution in [1.29, 1.82) is 0 Å². The zero-order chi connectivity index (χ0) is 15.6. The SMILES string of the molecule is Cc1cc(C(F)(F)F)nn1-c1ccc(N=C(N)CCl)cc1. The molecule has 0 aliphatic carbocycles. The summed E-state index contributed by atoms with van der Waals surface area (Å²) >= 11 is 5.52. The molecule has 1 aromatic heterocycles. The Morgan fingerprint density at radius 3 is 2.43 bits per heavy atom. The molecule has 0 fully saturated rings. The van der Waals surface area contributed by atoms with E-state index < -0.39 is 11.9 Å². The van der Waals surface area contributed by atoms with Gasteiger partial charge < -0.3 is 5.73 Å². The maximum absolute atomic E-state index is 12.6. The highest BCUT2D eigenvalue weighted by atomic mass is 35.5. The summed E-state index contributed by atoms with van der Waals surface area (Å²) in [6.07, 6.45) is -4.46. The molecule has 0 amide bonds. The Morgan fingerprint density at radius 1 is 1.33 bits per heavy atom. The lowest BCUT2D eigenvalue weighted by molar-refractivity contribution is -0.141. The molecule has 4 nitrogen and oxygen atoms in total.